The molecule has 0 radical (unpaired) electrons. The number of ether oxygens (including phenoxy) is 1. The number of rotatable bonds is 8. The van der Waals surface area contributed by atoms with Crippen molar-refractivity contribution in [3.8, 4) is 5.75 Å². The third-order valence-electron chi connectivity index (χ3n) is 4.63. The lowest BCUT2D eigenvalue weighted by Gasteiger charge is -2.06. The van der Waals surface area contributed by atoms with Gasteiger partial charge in [-0.25, -0.2) is 4.68 Å². The molecule has 3 aromatic rings. The summed E-state index contributed by atoms with van der Waals surface area (Å²) in [7, 11) is 0. The van der Waals surface area contributed by atoms with E-state index in [1.807, 2.05) is 36.4 Å². The molecule has 0 spiro atoms. The van der Waals surface area contributed by atoms with Gasteiger partial charge in [-0.3, -0.25) is 4.79 Å². The second kappa shape index (κ2) is 9.73. The van der Waals surface area contributed by atoms with Crippen molar-refractivity contribution in [2.75, 3.05) is 5.32 Å². The monoisotopic (exact) mass is 389 g/mol. The Kier molecular flexibility index (Phi) is 6.85. The van der Waals surface area contributed by atoms with E-state index >= 15 is 0 Å². The van der Waals surface area contributed by atoms with Gasteiger partial charge in [-0.15, -0.1) is 0 Å². The van der Waals surface area contributed by atoms with E-state index in [-0.39, 0.29) is 12.6 Å². The van der Waals surface area contributed by atoms with Gasteiger partial charge in [0.1, 0.15) is 5.75 Å². The fourth-order valence-electron chi connectivity index (χ4n) is 2.81. The SMILES string of the molecule is CCc1ccc(OCn2cc(NC(=O)/C=C/c3ccc(C(C)C)cc3)cn2)cc1. The number of nitrogens with zero attached hydrogens (tertiary/aromatic N) is 2. The number of hydrogen-bond donors (Lipinski definition) is 1. The van der Waals surface area contributed by atoms with E-state index in [9.17, 15) is 4.79 Å². The summed E-state index contributed by atoms with van der Waals surface area (Å²) in [6.07, 6.45) is 7.66. The number of hydrogen-bond acceptors (Lipinski definition) is 3. The van der Waals surface area contributed by atoms with Gasteiger partial charge in [0.05, 0.1) is 18.1 Å². The van der Waals surface area contributed by atoms with Crippen molar-refractivity contribution in [3.05, 3.63) is 83.7 Å². The maximum absolute atomic E-state index is 12.1. The number of carbonyl (C=O) groups is 1. The lowest BCUT2D eigenvalue weighted by Crippen LogP contribution is -2.08. The maximum atomic E-state index is 12.1. The molecular formula is C24H27N3O2. The van der Waals surface area contributed by atoms with Crippen molar-refractivity contribution in [1.82, 2.24) is 9.78 Å². The number of nitrogens with one attached hydrogen (secondary N) is 1. The van der Waals surface area contributed by atoms with Crippen LogP contribution in [0.1, 0.15) is 43.4 Å². The summed E-state index contributed by atoms with van der Waals surface area (Å²) in [6.45, 7) is 6.71. The zero-order chi connectivity index (χ0) is 20.6. The highest BCUT2D eigenvalue weighted by atomic mass is 16.5. The van der Waals surface area contributed by atoms with Gasteiger partial charge in [0.2, 0.25) is 5.91 Å². The molecule has 0 fully saturated rings. The largest absolute Gasteiger partial charge is 0.471 e. The van der Waals surface area contributed by atoms with E-state index in [0.29, 0.717) is 11.6 Å². The second-order valence-corrected chi connectivity index (χ2v) is 7.18. The molecule has 0 bridgehead atoms. The molecule has 0 atom stereocenters. The Bertz CT molecular complexity index is 955. The summed E-state index contributed by atoms with van der Waals surface area (Å²) in [5, 5.41) is 7.03. The molecule has 2 aromatic carbocycles. The predicted octanol–water partition coefficient (Wildman–Crippen LogP) is 5.26. The molecule has 150 valence electrons. The van der Waals surface area contributed by atoms with E-state index in [1.165, 1.54) is 17.2 Å². The van der Waals surface area contributed by atoms with Crippen molar-refractivity contribution >= 4 is 17.7 Å². The van der Waals surface area contributed by atoms with E-state index in [2.05, 4.69) is 43.3 Å². The topological polar surface area (TPSA) is 56.1 Å². The minimum atomic E-state index is -0.200. The number of aromatic nitrogens is 2. The van der Waals surface area contributed by atoms with Crippen molar-refractivity contribution in [3.63, 3.8) is 0 Å². The van der Waals surface area contributed by atoms with E-state index < -0.39 is 0 Å². The highest BCUT2D eigenvalue weighted by molar-refractivity contribution is 6.01. The highest BCUT2D eigenvalue weighted by Gasteiger charge is 2.03. The highest BCUT2D eigenvalue weighted by Crippen LogP contribution is 2.16. The number of amides is 1. The summed E-state index contributed by atoms with van der Waals surface area (Å²) < 4.78 is 7.35. The van der Waals surface area contributed by atoms with Crippen LogP contribution in [0.4, 0.5) is 5.69 Å². The molecule has 0 aliphatic heterocycles. The fourth-order valence-corrected chi connectivity index (χ4v) is 2.81. The Labute approximate surface area is 172 Å². The summed E-state index contributed by atoms with van der Waals surface area (Å²) in [4.78, 5) is 12.1. The quantitative estimate of drug-likeness (QED) is 0.535. The van der Waals surface area contributed by atoms with Gasteiger partial charge < -0.3 is 10.1 Å². The van der Waals surface area contributed by atoms with Crippen LogP contribution in [0.25, 0.3) is 6.08 Å². The van der Waals surface area contributed by atoms with Gasteiger partial charge >= 0.3 is 0 Å². The zero-order valence-corrected chi connectivity index (χ0v) is 17.1. The Balaban J connectivity index is 1.50. The van der Waals surface area contributed by atoms with Crippen LogP contribution in [0.15, 0.2) is 67.0 Å². The van der Waals surface area contributed by atoms with Crippen LogP contribution in [-0.2, 0) is 17.9 Å². The third-order valence-corrected chi connectivity index (χ3v) is 4.63. The third kappa shape index (κ3) is 6.07. The second-order valence-electron chi connectivity index (χ2n) is 7.18. The van der Waals surface area contributed by atoms with Gasteiger partial charge in [-0.1, -0.05) is 57.2 Å². The molecular weight excluding hydrogens is 362 g/mol. The first-order valence-corrected chi connectivity index (χ1v) is 9.86. The van der Waals surface area contributed by atoms with Crippen LogP contribution in [0.5, 0.6) is 5.75 Å². The van der Waals surface area contributed by atoms with Crippen molar-refractivity contribution in [2.45, 2.75) is 39.8 Å². The smallest absolute Gasteiger partial charge is 0.248 e. The fraction of sp³-hybridized carbons (Fsp3) is 0.250. The van der Waals surface area contributed by atoms with Crippen LogP contribution in [0.2, 0.25) is 0 Å². The lowest BCUT2D eigenvalue weighted by molar-refractivity contribution is -0.111. The first kappa shape index (κ1) is 20.4. The van der Waals surface area contributed by atoms with E-state index in [1.54, 1.807) is 23.2 Å². The number of carbonyl (C=O) groups excluding carboxylic acids is 1. The molecule has 0 aliphatic rings. The average molecular weight is 389 g/mol. The summed E-state index contributed by atoms with van der Waals surface area (Å²) in [5.41, 5.74) is 4.16. The molecule has 0 unspecified atom stereocenters. The first-order chi connectivity index (χ1) is 14.0. The van der Waals surface area contributed by atoms with Gasteiger partial charge in [-0.2, -0.15) is 5.10 Å². The molecule has 1 N–H and O–H groups in total. The molecule has 0 saturated carbocycles. The zero-order valence-electron chi connectivity index (χ0n) is 17.1. The molecule has 0 saturated heterocycles. The minimum absolute atomic E-state index is 0.200. The van der Waals surface area contributed by atoms with Gasteiger partial charge in [-0.05, 0) is 47.2 Å². The van der Waals surface area contributed by atoms with Gasteiger partial charge in [0.25, 0.3) is 0 Å². The predicted molar refractivity (Wildman–Crippen MR) is 117 cm³/mol. The lowest BCUT2D eigenvalue weighted by atomic mass is 10.0. The van der Waals surface area contributed by atoms with Crippen LogP contribution in [0, 0.1) is 0 Å². The van der Waals surface area contributed by atoms with E-state index in [0.717, 1.165) is 17.7 Å². The summed E-state index contributed by atoms with van der Waals surface area (Å²) in [5.74, 6) is 1.08. The molecule has 3 rings (SSSR count). The van der Waals surface area contributed by atoms with Crippen molar-refractivity contribution in [1.29, 1.82) is 0 Å². The first-order valence-electron chi connectivity index (χ1n) is 9.86. The summed E-state index contributed by atoms with van der Waals surface area (Å²) >= 11 is 0. The van der Waals surface area contributed by atoms with Crippen molar-refractivity contribution < 1.29 is 9.53 Å². The van der Waals surface area contributed by atoms with Gasteiger partial charge in [0, 0.05) is 6.08 Å². The number of benzene rings is 2. The van der Waals surface area contributed by atoms with Crippen LogP contribution < -0.4 is 10.1 Å². The minimum Gasteiger partial charge on any atom is -0.471 e. The Morgan fingerprint density at radius 3 is 2.52 bits per heavy atom. The maximum Gasteiger partial charge on any atom is 0.248 e. The normalized spacial score (nSPS) is 11.2. The molecule has 1 heterocycles. The summed E-state index contributed by atoms with van der Waals surface area (Å²) in [6, 6.07) is 16.2. The van der Waals surface area contributed by atoms with Crippen LogP contribution >= 0.6 is 0 Å². The average Bonchev–Trinajstić information content (AvgIpc) is 3.18. The molecule has 5 nitrogen and oxygen atoms in total. The number of aryl methyl sites for hydroxylation is 1. The molecule has 1 amide bonds. The molecule has 1 aromatic heterocycles. The molecule has 29 heavy (non-hydrogen) atoms. The molecule has 5 heteroatoms. The van der Waals surface area contributed by atoms with Crippen LogP contribution in [-0.4, -0.2) is 15.7 Å². The Morgan fingerprint density at radius 1 is 1.14 bits per heavy atom. The Hall–Kier alpha value is -3.34. The Morgan fingerprint density at radius 2 is 1.86 bits per heavy atom. The standard InChI is InChI=1S/C24H27N3O2/c1-4-19-7-12-23(13-8-19)29-17-27-16-22(15-25-27)26-24(28)14-9-20-5-10-21(11-6-20)18(2)3/h5-16,18H,4,17H2,1-3H3,(H,26,28)/b14-9+. The van der Waals surface area contributed by atoms with Crippen molar-refractivity contribution in [2.24, 2.45) is 0 Å². The van der Waals surface area contributed by atoms with Gasteiger partial charge in [0.15, 0.2) is 6.73 Å². The number of anilines is 1. The molecule has 0 aliphatic carbocycles. The van der Waals surface area contributed by atoms with Crippen LogP contribution in [0.3, 0.4) is 0 Å². The van der Waals surface area contributed by atoms with E-state index in [4.69, 9.17) is 4.74 Å².